The van der Waals surface area contributed by atoms with Crippen LogP contribution < -0.4 is 18.9 Å². The van der Waals surface area contributed by atoms with Gasteiger partial charge in [0.15, 0.2) is 0 Å². The minimum atomic E-state index is -0.527. The van der Waals surface area contributed by atoms with Crippen LogP contribution in [0.1, 0.15) is 14.8 Å². The third-order valence-electron chi connectivity index (χ3n) is 0.295. The predicted molar refractivity (Wildman–Crippen MR) is 24.2 cm³/mol. The summed E-state index contributed by atoms with van der Waals surface area (Å²) in [6.45, 7) is 2.08. The first-order valence-corrected chi connectivity index (χ1v) is 4.37. The van der Waals surface area contributed by atoms with Crippen LogP contribution in [0.5, 0.6) is 0 Å². The molecule has 0 unspecified atom stereocenters. The van der Waals surface area contributed by atoms with E-state index in [0.29, 0.717) is 0 Å². The van der Waals surface area contributed by atoms with E-state index in [1.54, 1.807) is 0 Å². The Morgan fingerprint density at radius 3 is 2.33 bits per heavy atom. The van der Waals surface area contributed by atoms with Crippen molar-refractivity contribution in [1.29, 1.82) is 0 Å². The first-order chi connectivity index (χ1) is 2.41. The molecule has 1 N–H and O–H groups in total. The number of hydrogen-bond donors (Lipinski definition) is 1. The SMILES string of the molecule is CCC[Te]O.[H-].[Li+]. The van der Waals surface area contributed by atoms with Gasteiger partial charge in [-0.15, -0.1) is 0 Å². The van der Waals surface area contributed by atoms with E-state index < -0.39 is 21.3 Å². The minimum absolute atomic E-state index is 0. The summed E-state index contributed by atoms with van der Waals surface area (Å²) in [6, 6.07) is 0. The van der Waals surface area contributed by atoms with Gasteiger partial charge in [-0.2, -0.15) is 0 Å². The van der Waals surface area contributed by atoms with Gasteiger partial charge in [0, 0.05) is 0 Å². The maximum Gasteiger partial charge on any atom is 1.00 e. The molecule has 0 saturated heterocycles. The summed E-state index contributed by atoms with van der Waals surface area (Å²) in [5, 5.41) is 0. The average Bonchev–Trinajstić information content (AvgIpc) is 1.41. The predicted octanol–water partition coefficient (Wildman–Crippen LogP) is -2.46. The Morgan fingerprint density at radius 2 is 2.33 bits per heavy atom. The van der Waals surface area contributed by atoms with E-state index in [0.717, 1.165) is 10.9 Å². The van der Waals surface area contributed by atoms with Crippen molar-refractivity contribution in [2.75, 3.05) is 0 Å². The van der Waals surface area contributed by atoms with Crippen LogP contribution >= 0.6 is 0 Å². The molecule has 0 amide bonds. The number of hydrogen-bond acceptors (Lipinski definition) is 1. The van der Waals surface area contributed by atoms with Gasteiger partial charge in [-0.25, -0.2) is 0 Å². The minimum Gasteiger partial charge on any atom is -1.00 e. The van der Waals surface area contributed by atoms with Gasteiger partial charge in [0.25, 0.3) is 0 Å². The Morgan fingerprint density at radius 1 is 1.83 bits per heavy atom. The Hall–Kier alpha value is 1.35. The van der Waals surface area contributed by atoms with Crippen molar-refractivity contribution in [3.05, 3.63) is 0 Å². The fraction of sp³-hybridized carbons (Fsp3) is 1.00. The van der Waals surface area contributed by atoms with Crippen molar-refractivity contribution >= 4 is 21.3 Å². The molecule has 1 nitrogen and oxygen atoms in total. The second-order valence-electron chi connectivity index (χ2n) is 0.833. The molecule has 0 aliphatic heterocycles. The maximum atomic E-state index is 8.20. The van der Waals surface area contributed by atoms with Gasteiger partial charge in [0.1, 0.15) is 0 Å². The van der Waals surface area contributed by atoms with Gasteiger partial charge in [-0.3, -0.25) is 0 Å². The van der Waals surface area contributed by atoms with Crippen molar-refractivity contribution < 1.29 is 23.8 Å². The standard InChI is InChI=1S/C3H8OTe.Li.H/c1-2-3-5-4;;/h4H,2-3H2,1H3;;/q;+1;-1. The fourth-order valence-corrected chi connectivity index (χ4v) is 0.612. The van der Waals surface area contributed by atoms with Crippen LogP contribution in [0.4, 0.5) is 0 Å². The Kier molecular flexibility index (Phi) is 16.6. The number of rotatable bonds is 2. The van der Waals surface area contributed by atoms with Crippen molar-refractivity contribution in [3.8, 4) is 0 Å². The van der Waals surface area contributed by atoms with Crippen molar-refractivity contribution in [2.45, 2.75) is 17.8 Å². The zero-order valence-electron chi connectivity index (χ0n) is 5.27. The van der Waals surface area contributed by atoms with Crippen molar-refractivity contribution in [1.82, 2.24) is 0 Å². The van der Waals surface area contributed by atoms with Gasteiger partial charge in [0.2, 0.25) is 0 Å². The third kappa shape index (κ3) is 9.02. The van der Waals surface area contributed by atoms with Crippen LogP contribution in [0.2, 0.25) is 4.47 Å². The second-order valence-corrected chi connectivity index (χ2v) is 2.74. The zero-order chi connectivity index (χ0) is 4.12. The fourth-order valence-electron chi connectivity index (χ4n) is 0.0913. The molecule has 0 spiro atoms. The van der Waals surface area contributed by atoms with Crippen LogP contribution in [0.3, 0.4) is 0 Å². The molecule has 0 aromatic rings. The normalized spacial score (nSPS) is 7.00. The Balaban J connectivity index is -0.0000000800. The Labute approximate surface area is 62.8 Å². The van der Waals surface area contributed by atoms with Gasteiger partial charge in [-0.05, 0) is 0 Å². The largest absolute Gasteiger partial charge is 1.00 e. The van der Waals surface area contributed by atoms with Crippen LogP contribution in [-0.2, 0) is 0 Å². The molecule has 6 heavy (non-hydrogen) atoms. The molecule has 34 valence electrons. The molecular weight excluding hydrogens is 187 g/mol. The van der Waals surface area contributed by atoms with Crippen LogP contribution in [0.15, 0.2) is 0 Å². The molecular formula is C3H9LiOTe. The third-order valence-corrected chi connectivity index (χ3v) is 1.98. The molecule has 3 heteroatoms. The van der Waals surface area contributed by atoms with Crippen LogP contribution in [-0.4, -0.2) is 24.8 Å². The monoisotopic (exact) mass is 198 g/mol. The smallest absolute Gasteiger partial charge is 1.00 e. The van der Waals surface area contributed by atoms with Gasteiger partial charge >= 0.3 is 61.5 Å². The van der Waals surface area contributed by atoms with Crippen LogP contribution in [0, 0.1) is 0 Å². The van der Waals surface area contributed by atoms with Gasteiger partial charge < -0.3 is 1.43 Å². The molecule has 0 heterocycles. The molecule has 0 aliphatic rings. The van der Waals surface area contributed by atoms with E-state index in [9.17, 15) is 0 Å². The second kappa shape index (κ2) is 9.60. The molecule has 0 rings (SSSR count). The van der Waals surface area contributed by atoms with E-state index in [-0.39, 0.29) is 20.3 Å². The van der Waals surface area contributed by atoms with Crippen molar-refractivity contribution in [2.24, 2.45) is 0 Å². The maximum absolute atomic E-state index is 8.20. The first kappa shape index (κ1) is 10.4. The van der Waals surface area contributed by atoms with Gasteiger partial charge in [0.05, 0.1) is 0 Å². The average molecular weight is 196 g/mol. The Bertz CT molecular complexity index is 22.4. The molecule has 0 aromatic carbocycles. The molecule has 0 aliphatic carbocycles. The van der Waals surface area contributed by atoms with Gasteiger partial charge in [-0.1, -0.05) is 0 Å². The van der Waals surface area contributed by atoms with E-state index >= 15 is 0 Å². The first-order valence-electron chi connectivity index (χ1n) is 1.68. The topological polar surface area (TPSA) is 20.2 Å². The molecule has 0 radical (unpaired) electrons. The molecule has 0 bridgehead atoms. The summed E-state index contributed by atoms with van der Waals surface area (Å²) in [5.41, 5.74) is 0. The molecule has 0 saturated carbocycles. The van der Waals surface area contributed by atoms with E-state index in [4.69, 9.17) is 3.47 Å². The molecule has 0 atom stereocenters. The quantitative estimate of drug-likeness (QED) is 0.485. The summed E-state index contributed by atoms with van der Waals surface area (Å²) in [7, 11) is 0. The van der Waals surface area contributed by atoms with E-state index in [1.807, 2.05) is 0 Å². The summed E-state index contributed by atoms with van der Waals surface area (Å²) < 4.78 is 9.27. The van der Waals surface area contributed by atoms with Crippen molar-refractivity contribution in [3.63, 3.8) is 0 Å². The summed E-state index contributed by atoms with van der Waals surface area (Å²) in [4.78, 5) is 0. The summed E-state index contributed by atoms with van der Waals surface area (Å²) >= 11 is -0.527. The van der Waals surface area contributed by atoms with Crippen LogP contribution in [0.25, 0.3) is 0 Å². The summed E-state index contributed by atoms with van der Waals surface area (Å²) in [6.07, 6.45) is 1.15. The molecule has 0 fully saturated rings. The van der Waals surface area contributed by atoms with E-state index in [1.165, 1.54) is 0 Å². The summed E-state index contributed by atoms with van der Waals surface area (Å²) in [5.74, 6) is 0. The molecule has 0 aromatic heterocycles. The zero-order valence-corrected chi connectivity index (χ0v) is 6.60. The van der Waals surface area contributed by atoms with E-state index in [2.05, 4.69) is 6.92 Å².